The summed E-state index contributed by atoms with van der Waals surface area (Å²) in [6.07, 6.45) is 3.38. The normalized spacial score (nSPS) is 12.7. The maximum Gasteiger partial charge on any atom is 0.172 e. The molecule has 0 amide bonds. The van der Waals surface area contributed by atoms with Gasteiger partial charge in [0.25, 0.3) is 0 Å². The van der Waals surface area contributed by atoms with Gasteiger partial charge in [0.05, 0.1) is 12.7 Å². The van der Waals surface area contributed by atoms with Crippen LogP contribution in [0.15, 0.2) is 133 Å². The molecule has 0 aromatic heterocycles. The molecule has 4 aromatic rings. The van der Waals surface area contributed by atoms with Gasteiger partial charge < -0.3 is 4.74 Å². The maximum absolute atomic E-state index is 6.12. The summed E-state index contributed by atoms with van der Waals surface area (Å²) in [5.74, 6) is 0. The van der Waals surface area contributed by atoms with Gasteiger partial charge in [-0.2, -0.15) is 0 Å². The molecule has 0 N–H and O–H groups in total. The van der Waals surface area contributed by atoms with Crippen molar-refractivity contribution in [3.05, 3.63) is 139 Å². The van der Waals surface area contributed by atoms with E-state index in [2.05, 4.69) is 134 Å². The van der Waals surface area contributed by atoms with Crippen LogP contribution in [0.25, 0.3) is 0 Å². The van der Waals surface area contributed by atoms with Crippen molar-refractivity contribution in [1.29, 1.82) is 0 Å². The zero-order chi connectivity index (χ0) is 22.1. The average Bonchev–Trinajstić information content (AvgIpc) is 2.88. The van der Waals surface area contributed by atoms with Crippen molar-refractivity contribution in [3.63, 3.8) is 0 Å². The number of hydrogen-bond donors (Lipinski definition) is 0. The SMILES string of the molecule is CC(C/C=C\[Si](c1ccccc1)(c1ccccc1)c1ccccc1)OCc1ccccc1. The van der Waals surface area contributed by atoms with Crippen LogP contribution in [0.3, 0.4) is 0 Å². The van der Waals surface area contributed by atoms with Gasteiger partial charge in [0.15, 0.2) is 8.07 Å². The lowest BCUT2D eigenvalue weighted by atomic mass is 10.2. The highest BCUT2D eigenvalue weighted by atomic mass is 28.3. The summed E-state index contributed by atoms with van der Waals surface area (Å²) < 4.78 is 6.12. The van der Waals surface area contributed by atoms with Gasteiger partial charge in [0.1, 0.15) is 0 Å². The Bertz CT molecular complexity index is 996. The second-order valence-corrected chi connectivity index (χ2v) is 11.8. The average molecular weight is 435 g/mol. The van der Waals surface area contributed by atoms with E-state index in [0.29, 0.717) is 6.61 Å². The maximum atomic E-state index is 6.12. The minimum absolute atomic E-state index is 0.153. The summed E-state index contributed by atoms with van der Waals surface area (Å²) >= 11 is 0. The van der Waals surface area contributed by atoms with Crippen LogP contribution in [-0.4, -0.2) is 14.2 Å². The Morgan fingerprint density at radius 3 is 1.47 bits per heavy atom. The molecule has 1 unspecified atom stereocenters. The van der Waals surface area contributed by atoms with Crippen molar-refractivity contribution in [2.75, 3.05) is 0 Å². The first-order valence-electron chi connectivity index (χ1n) is 11.3. The Balaban J connectivity index is 1.65. The van der Waals surface area contributed by atoms with Gasteiger partial charge in [0.2, 0.25) is 0 Å². The Morgan fingerprint density at radius 1 is 0.625 bits per heavy atom. The molecule has 0 radical (unpaired) electrons. The minimum atomic E-state index is -2.31. The van der Waals surface area contributed by atoms with Gasteiger partial charge in [0, 0.05) is 0 Å². The molecule has 2 heteroatoms. The highest BCUT2D eigenvalue weighted by molar-refractivity contribution is 7.14. The molecule has 0 aliphatic heterocycles. The molecule has 4 rings (SSSR count). The molecular formula is C30H30OSi. The van der Waals surface area contributed by atoms with Crippen LogP contribution in [0, 0.1) is 0 Å². The molecule has 1 atom stereocenters. The lowest BCUT2D eigenvalue weighted by Crippen LogP contribution is -2.66. The molecule has 0 aliphatic carbocycles. The molecule has 160 valence electrons. The van der Waals surface area contributed by atoms with Gasteiger partial charge in [-0.1, -0.05) is 133 Å². The molecule has 0 saturated carbocycles. The lowest BCUT2D eigenvalue weighted by Gasteiger charge is -2.31. The molecular weight excluding hydrogens is 404 g/mol. The molecule has 4 aromatic carbocycles. The highest BCUT2D eigenvalue weighted by Gasteiger charge is 2.36. The third-order valence-electron chi connectivity index (χ3n) is 5.90. The summed E-state index contributed by atoms with van der Waals surface area (Å²) in [6.45, 7) is 2.80. The number of benzene rings is 4. The molecule has 0 bridgehead atoms. The molecule has 0 heterocycles. The quantitative estimate of drug-likeness (QED) is 0.258. The van der Waals surface area contributed by atoms with Crippen LogP contribution in [0.5, 0.6) is 0 Å². The molecule has 0 fully saturated rings. The van der Waals surface area contributed by atoms with Crippen LogP contribution >= 0.6 is 0 Å². The van der Waals surface area contributed by atoms with E-state index in [1.54, 1.807) is 0 Å². The largest absolute Gasteiger partial charge is 0.374 e. The van der Waals surface area contributed by atoms with E-state index in [0.717, 1.165) is 6.42 Å². The van der Waals surface area contributed by atoms with Crippen molar-refractivity contribution in [3.8, 4) is 0 Å². The zero-order valence-electron chi connectivity index (χ0n) is 18.6. The van der Waals surface area contributed by atoms with E-state index in [1.165, 1.54) is 21.1 Å². The predicted molar refractivity (Wildman–Crippen MR) is 138 cm³/mol. The standard InChI is InChI=1S/C30H30OSi/c1-26(31-25-27-16-6-2-7-17-27)15-14-24-32(28-18-8-3-9-19-28,29-20-10-4-11-21-29)30-22-12-5-13-23-30/h2-14,16-24,26H,15,25H2,1H3/b24-14-. The van der Waals surface area contributed by atoms with Gasteiger partial charge in [-0.05, 0) is 34.5 Å². The first-order valence-corrected chi connectivity index (χ1v) is 13.4. The summed E-state index contributed by atoms with van der Waals surface area (Å²) in [6, 6.07) is 43.3. The van der Waals surface area contributed by atoms with E-state index in [4.69, 9.17) is 4.74 Å². The second kappa shape index (κ2) is 10.9. The van der Waals surface area contributed by atoms with E-state index in [-0.39, 0.29) is 6.10 Å². The Kier molecular flexibility index (Phi) is 7.49. The lowest BCUT2D eigenvalue weighted by molar-refractivity contribution is 0.0553. The van der Waals surface area contributed by atoms with E-state index < -0.39 is 8.07 Å². The van der Waals surface area contributed by atoms with Crippen molar-refractivity contribution < 1.29 is 4.74 Å². The molecule has 32 heavy (non-hydrogen) atoms. The van der Waals surface area contributed by atoms with Crippen LogP contribution in [0.4, 0.5) is 0 Å². The van der Waals surface area contributed by atoms with E-state index in [1.807, 2.05) is 6.07 Å². The predicted octanol–water partition coefficient (Wildman–Crippen LogP) is 5.25. The van der Waals surface area contributed by atoms with Crippen molar-refractivity contribution >= 4 is 23.6 Å². The number of hydrogen-bond acceptors (Lipinski definition) is 1. The Morgan fingerprint density at radius 2 is 1.03 bits per heavy atom. The highest BCUT2D eigenvalue weighted by Crippen LogP contribution is 2.12. The van der Waals surface area contributed by atoms with E-state index in [9.17, 15) is 0 Å². The van der Waals surface area contributed by atoms with Crippen molar-refractivity contribution in [2.45, 2.75) is 26.1 Å². The molecule has 0 spiro atoms. The van der Waals surface area contributed by atoms with Crippen LogP contribution in [-0.2, 0) is 11.3 Å². The molecule has 0 saturated heterocycles. The monoisotopic (exact) mass is 434 g/mol. The fourth-order valence-electron chi connectivity index (χ4n) is 4.21. The molecule has 0 aliphatic rings. The Labute approximate surface area is 193 Å². The summed E-state index contributed by atoms with van der Waals surface area (Å²) in [7, 11) is -2.31. The Hall–Kier alpha value is -3.20. The third kappa shape index (κ3) is 5.16. The fraction of sp³-hybridized carbons (Fsp3) is 0.133. The first kappa shape index (κ1) is 22.0. The smallest absolute Gasteiger partial charge is 0.172 e. The molecule has 1 nitrogen and oxygen atoms in total. The second-order valence-electron chi connectivity index (χ2n) is 8.15. The van der Waals surface area contributed by atoms with Crippen molar-refractivity contribution in [2.24, 2.45) is 0 Å². The van der Waals surface area contributed by atoms with Gasteiger partial charge >= 0.3 is 0 Å². The van der Waals surface area contributed by atoms with Gasteiger partial charge in [-0.15, -0.1) is 0 Å². The van der Waals surface area contributed by atoms with Crippen LogP contribution < -0.4 is 15.6 Å². The third-order valence-corrected chi connectivity index (χ3v) is 10.4. The van der Waals surface area contributed by atoms with Crippen LogP contribution in [0.2, 0.25) is 0 Å². The minimum Gasteiger partial charge on any atom is -0.374 e. The summed E-state index contributed by atoms with van der Waals surface area (Å²) in [5.41, 5.74) is 3.71. The zero-order valence-corrected chi connectivity index (χ0v) is 19.6. The van der Waals surface area contributed by atoms with Crippen LogP contribution in [0.1, 0.15) is 18.9 Å². The number of ether oxygens (including phenoxy) is 1. The first-order chi connectivity index (χ1) is 15.8. The fourth-order valence-corrected chi connectivity index (χ4v) is 8.43. The van der Waals surface area contributed by atoms with Gasteiger partial charge in [-0.25, -0.2) is 0 Å². The summed E-state index contributed by atoms with van der Waals surface area (Å²) in [4.78, 5) is 0. The summed E-state index contributed by atoms with van der Waals surface area (Å²) in [5, 5.41) is 4.18. The van der Waals surface area contributed by atoms with E-state index >= 15 is 0 Å². The van der Waals surface area contributed by atoms with Gasteiger partial charge in [-0.3, -0.25) is 0 Å². The topological polar surface area (TPSA) is 9.23 Å². The van der Waals surface area contributed by atoms with Crippen molar-refractivity contribution in [1.82, 2.24) is 0 Å². The number of rotatable bonds is 9.